The molecular weight excluding hydrogens is 769 g/mol. The highest BCUT2D eigenvalue weighted by Crippen LogP contribution is 2.43. The summed E-state index contributed by atoms with van der Waals surface area (Å²) in [6, 6.07) is -1.52. The minimum atomic E-state index is -4.72. The van der Waals surface area contributed by atoms with Gasteiger partial charge >= 0.3 is 25.7 Å². The summed E-state index contributed by atoms with van der Waals surface area (Å²) in [6.45, 7) is 2.81. The lowest BCUT2D eigenvalue weighted by molar-refractivity contribution is -0.161. The van der Waals surface area contributed by atoms with Crippen LogP contribution in [0.15, 0.2) is 24.3 Å². The summed E-state index contributed by atoms with van der Waals surface area (Å²) in [5.74, 6) is -2.38. The molecule has 0 rings (SSSR count). The molecule has 59 heavy (non-hydrogen) atoms. The van der Waals surface area contributed by atoms with Crippen molar-refractivity contribution in [3.63, 3.8) is 0 Å². The topological polar surface area (TPSA) is 172 Å². The Morgan fingerprint density at radius 2 is 0.847 bits per heavy atom. The fraction of sp³-hybridized carbons (Fsp3) is 0.851. The van der Waals surface area contributed by atoms with E-state index in [-0.39, 0.29) is 19.4 Å². The Morgan fingerprint density at radius 1 is 0.508 bits per heavy atom. The van der Waals surface area contributed by atoms with E-state index < -0.39 is 51.1 Å². The molecule has 0 aliphatic carbocycles. The number of esters is 2. The largest absolute Gasteiger partial charge is 0.480 e. The highest BCUT2D eigenvalue weighted by atomic mass is 31.2. The molecule has 11 nitrogen and oxygen atoms in total. The summed E-state index contributed by atoms with van der Waals surface area (Å²) in [5.41, 5.74) is 5.34. The van der Waals surface area contributed by atoms with E-state index in [0.29, 0.717) is 12.8 Å². The van der Waals surface area contributed by atoms with Crippen molar-refractivity contribution in [3.8, 4) is 0 Å². The van der Waals surface area contributed by atoms with Crippen molar-refractivity contribution in [2.45, 2.75) is 238 Å². The van der Waals surface area contributed by atoms with Gasteiger partial charge in [-0.2, -0.15) is 0 Å². The van der Waals surface area contributed by atoms with E-state index in [1.165, 1.54) is 128 Å². The zero-order valence-electron chi connectivity index (χ0n) is 37.6. The average molecular weight is 858 g/mol. The molecule has 0 amide bonds. The molecule has 0 saturated carbocycles. The van der Waals surface area contributed by atoms with Gasteiger partial charge in [0.05, 0.1) is 13.2 Å². The molecule has 0 spiro atoms. The highest BCUT2D eigenvalue weighted by Gasteiger charge is 2.28. The van der Waals surface area contributed by atoms with Gasteiger partial charge in [-0.05, 0) is 64.2 Å². The van der Waals surface area contributed by atoms with Gasteiger partial charge < -0.3 is 25.2 Å². The first-order chi connectivity index (χ1) is 28.6. The van der Waals surface area contributed by atoms with Crippen LogP contribution in [0.2, 0.25) is 0 Å². The summed E-state index contributed by atoms with van der Waals surface area (Å²) in [6.07, 6.45) is 45.3. The number of allylic oxidation sites excluding steroid dienone is 4. The molecule has 0 aromatic carbocycles. The number of nitrogens with two attached hydrogens (primary N) is 1. The van der Waals surface area contributed by atoms with E-state index in [4.69, 9.17) is 24.8 Å². The number of carboxylic acid groups (broad SMARTS) is 1. The molecule has 12 heteroatoms. The highest BCUT2D eigenvalue weighted by molar-refractivity contribution is 7.47. The van der Waals surface area contributed by atoms with Gasteiger partial charge in [-0.3, -0.25) is 23.4 Å². The van der Waals surface area contributed by atoms with Crippen molar-refractivity contribution in [2.24, 2.45) is 5.73 Å². The molecule has 0 fully saturated rings. The van der Waals surface area contributed by atoms with Crippen LogP contribution in [0.3, 0.4) is 0 Å². The third-order valence-electron chi connectivity index (χ3n) is 10.4. The van der Waals surface area contributed by atoms with Crippen molar-refractivity contribution >= 4 is 25.7 Å². The number of hydrogen-bond acceptors (Lipinski definition) is 9. The fourth-order valence-corrected chi connectivity index (χ4v) is 7.42. The minimum Gasteiger partial charge on any atom is -0.480 e. The lowest BCUT2D eigenvalue weighted by Gasteiger charge is -2.20. The first-order valence-corrected chi connectivity index (χ1v) is 25.4. The normalized spacial score (nSPS) is 13.8. The van der Waals surface area contributed by atoms with E-state index in [1.54, 1.807) is 0 Å². The van der Waals surface area contributed by atoms with E-state index in [2.05, 4.69) is 42.7 Å². The molecule has 0 saturated heterocycles. The maximum atomic E-state index is 12.7. The molecule has 0 aliphatic rings. The Balaban J connectivity index is 4.27. The van der Waals surface area contributed by atoms with Gasteiger partial charge in [0.1, 0.15) is 12.6 Å². The minimum absolute atomic E-state index is 0.159. The standard InChI is InChI=1S/C47H88NO10P/c1-3-5-7-9-11-13-15-17-19-20-21-22-23-24-25-27-29-31-33-35-37-39-46(50)58-43(41-56-59(53,54)57-42-44(48)47(51)52)40-55-45(49)38-36-34-32-30-28-26-18-16-14-12-10-8-6-4-2/h16,18,20-21,43-44H,3-15,17,19,22-42,48H2,1-2H3,(H,51,52)(H,53,54)/b18-16-,21-20-. The van der Waals surface area contributed by atoms with Crippen molar-refractivity contribution < 1.29 is 47.5 Å². The smallest absolute Gasteiger partial charge is 0.472 e. The Labute approximate surface area is 360 Å². The van der Waals surface area contributed by atoms with Crippen molar-refractivity contribution in [1.82, 2.24) is 0 Å². The van der Waals surface area contributed by atoms with Crippen LogP contribution in [0.25, 0.3) is 0 Å². The molecule has 0 radical (unpaired) electrons. The number of aliphatic carboxylic acids is 1. The maximum absolute atomic E-state index is 12.7. The summed E-state index contributed by atoms with van der Waals surface area (Å²) >= 11 is 0. The molecular formula is C47H88NO10P. The number of phosphoric acid groups is 1. The molecule has 3 unspecified atom stereocenters. The van der Waals surface area contributed by atoms with Crippen molar-refractivity contribution in [1.29, 1.82) is 0 Å². The molecule has 0 bridgehead atoms. The number of carbonyl (C=O) groups is 3. The third kappa shape index (κ3) is 42.4. The summed E-state index contributed by atoms with van der Waals surface area (Å²) in [5, 5.41) is 8.90. The monoisotopic (exact) mass is 858 g/mol. The molecule has 0 aliphatic heterocycles. The van der Waals surface area contributed by atoms with E-state index in [1.807, 2.05) is 0 Å². The number of carbonyl (C=O) groups excluding carboxylic acids is 2. The lowest BCUT2D eigenvalue weighted by Crippen LogP contribution is -2.34. The Morgan fingerprint density at radius 3 is 1.24 bits per heavy atom. The SMILES string of the molecule is CCCCCCC/C=C\CCCCCCCC(=O)OCC(COP(=O)(O)OCC(N)C(=O)O)OC(=O)CCCCCCCCCCC/C=C\CCCCCCCCCC. The van der Waals surface area contributed by atoms with Crippen LogP contribution >= 0.6 is 7.82 Å². The Kier molecular flexibility index (Phi) is 41.2. The zero-order valence-corrected chi connectivity index (χ0v) is 38.5. The van der Waals surface area contributed by atoms with Gasteiger partial charge in [0.25, 0.3) is 0 Å². The number of rotatable bonds is 45. The van der Waals surface area contributed by atoms with Crippen molar-refractivity contribution in [2.75, 3.05) is 19.8 Å². The quantitative estimate of drug-likeness (QED) is 0.0230. The predicted molar refractivity (Wildman–Crippen MR) is 240 cm³/mol. The number of carboxylic acids is 1. The lowest BCUT2D eigenvalue weighted by atomic mass is 10.1. The second kappa shape index (κ2) is 42.6. The molecule has 4 N–H and O–H groups in total. The first-order valence-electron chi connectivity index (χ1n) is 23.9. The summed E-state index contributed by atoms with van der Waals surface area (Å²) in [4.78, 5) is 46.0. The fourth-order valence-electron chi connectivity index (χ4n) is 6.64. The molecule has 0 heterocycles. The second-order valence-electron chi connectivity index (χ2n) is 16.2. The van der Waals surface area contributed by atoms with Gasteiger partial charge in [0, 0.05) is 12.8 Å². The zero-order chi connectivity index (χ0) is 43.5. The maximum Gasteiger partial charge on any atom is 0.472 e. The van der Waals surface area contributed by atoms with E-state index in [9.17, 15) is 23.8 Å². The van der Waals surface area contributed by atoms with Crippen LogP contribution in [-0.2, 0) is 37.5 Å². The number of phosphoric ester groups is 1. The van der Waals surface area contributed by atoms with Gasteiger partial charge in [-0.25, -0.2) is 4.57 Å². The molecule has 0 aromatic heterocycles. The molecule has 0 aromatic rings. The van der Waals surface area contributed by atoms with Gasteiger partial charge in [-0.1, -0.05) is 173 Å². The molecule has 3 atom stereocenters. The Bertz CT molecular complexity index is 1100. The van der Waals surface area contributed by atoms with E-state index >= 15 is 0 Å². The van der Waals surface area contributed by atoms with Crippen molar-refractivity contribution in [3.05, 3.63) is 24.3 Å². The second-order valence-corrected chi connectivity index (χ2v) is 17.7. The van der Waals surface area contributed by atoms with E-state index in [0.717, 1.165) is 57.8 Å². The summed E-state index contributed by atoms with van der Waals surface area (Å²) < 4.78 is 32.8. The predicted octanol–water partition coefficient (Wildman–Crippen LogP) is 13.0. The van der Waals surface area contributed by atoms with Crippen LogP contribution in [0.4, 0.5) is 0 Å². The van der Waals surface area contributed by atoms with Crippen LogP contribution in [-0.4, -0.2) is 59.9 Å². The average Bonchev–Trinajstić information content (AvgIpc) is 3.21. The van der Waals surface area contributed by atoms with Gasteiger partial charge in [0.2, 0.25) is 0 Å². The first kappa shape index (κ1) is 57.0. The number of unbranched alkanes of at least 4 members (excludes halogenated alkanes) is 27. The van der Waals surface area contributed by atoms with Crippen LogP contribution < -0.4 is 5.73 Å². The van der Waals surface area contributed by atoms with Crippen LogP contribution in [0.1, 0.15) is 226 Å². The van der Waals surface area contributed by atoms with Crippen LogP contribution in [0, 0.1) is 0 Å². The van der Waals surface area contributed by atoms with Gasteiger partial charge in [-0.15, -0.1) is 0 Å². The third-order valence-corrected chi connectivity index (χ3v) is 11.4. The number of hydrogen-bond donors (Lipinski definition) is 3. The van der Waals surface area contributed by atoms with Crippen LogP contribution in [0.5, 0.6) is 0 Å². The summed E-state index contributed by atoms with van der Waals surface area (Å²) in [7, 11) is -4.72. The molecule has 346 valence electrons. The van der Waals surface area contributed by atoms with Gasteiger partial charge in [0.15, 0.2) is 6.10 Å². The Hall–Kier alpha value is -2.04. The number of ether oxygens (including phenoxy) is 2.